The van der Waals surface area contributed by atoms with Gasteiger partial charge in [0.1, 0.15) is 16.7 Å². The third-order valence-corrected chi connectivity index (χ3v) is 27.3. The van der Waals surface area contributed by atoms with Crippen molar-refractivity contribution in [2.45, 2.75) is 121 Å². The average molecular weight is 1740 g/mol. The number of anilines is 8. The van der Waals surface area contributed by atoms with Crippen LogP contribution in [0.25, 0.3) is 163 Å². The van der Waals surface area contributed by atoms with Gasteiger partial charge < -0.3 is 28.4 Å². The third kappa shape index (κ3) is 12.7. The zero-order chi connectivity index (χ0) is 87.7. The second kappa shape index (κ2) is 30.5. The van der Waals surface area contributed by atoms with Crippen molar-refractivity contribution in [1.29, 1.82) is 0 Å². The fraction of sp³-hybridized carbons (Fsp3) is 0.155. The van der Waals surface area contributed by atoms with Crippen molar-refractivity contribution in [3.63, 3.8) is 0 Å². The summed E-state index contributed by atoms with van der Waals surface area (Å²) in [4.78, 5) is 4.95. The zero-order valence-electron chi connectivity index (χ0n) is 75.2. The molecule has 0 aliphatic heterocycles. The predicted octanol–water partition coefficient (Wildman–Crippen LogP) is 36.6. The topological polar surface area (TPSA) is 57.9 Å². The second-order valence-corrected chi connectivity index (χ2v) is 37.1. The number of halogens is 2. The summed E-state index contributed by atoms with van der Waals surface area (Å²) in [5.74, 6) is 1.34. The molecule has 1 N–H and O–H groups in total. The molecular weight excluding hydrogens is 1640 g/mol. The summed E-state index contributed by atoms with van der Waals surface area (Å²) in [5.41, 5.74) is 24.7. The summed E-state index contributed by atoms with van der Waals surface area (Å²) in [7, 11) is 0. The maximum atomic E-state index is 8.99. The lowest BCUT2D eigenvalue weighted by molar-refractivity contribution is 0.669. The molecule has 23 rings (SSSR count). The lowest BCUT2D eigenvalue weighted by Crippen LogP contribution is -2.15. The van der Waals surface area contributed by atoms with Gasteiger partial charge in [-0.3, -0.25) is 0 Å². The van der Waals surface area contributed by atoms with E-state index in [1.807, 2.05) is 54.6 Å². The Labute approximate surface area is 743 Å². The highest BCUT2D eigenvalue weighted by molar-refractivity contribution is 9.11. The molecule has 8 heteroatoms. The van der Waals surface area contributed by atoms with Crippen molar-refractivity contribution >= 4 is 240 Å². The Morgan fingerprint density at radius 2 is 0.597 bits per heavy atom. The van der Waals surface area contributed by atoms with E-state index < -0.39 is 0 Å². The molecular formula is C116H95Br2N3O3. The van der Waals surface area contributed by atoms with Gasteiger partial charge in [-0.05, 0) is 253 Å². The Balaban J connectivity index is 0.000000155. The molecule has 606 valence electrons. The number of aryl methyl sites for hydroxylation is 6. The summed E-state index contributed by atoms with van der Waals surface area (Å²) in [5, 5.41) is 31.8. The van der Waals surface area contributed by atoms with Crippen LogP contribution in [-0.4, -0.2) is 0 Å². The molecule has 0 aliphatic carbocycles. The summed E-state index contributed by atoms with van der Waals surface area (Å²) in [6.07, 6.45) is 0. The van der Waals surface area contributed by atoms with Gasteiger partial charge in [-0.1, -0.05) is 316 Å². The molecule has 124 heavy (non-hydrogen) atoms. The summed E-state index contributed by atoms with van der Waals surface area (Å²) in [6.45, 7) is 31.4. The number of rotatable bonds is 12. The van der Waals surface area contributed by atoms with Crippen LogP contribution in [0, 0.1) is 41.5 Å². The summed E-state index contributed by atoms with van der Waals surface area (Å²) >= 11 is 7.63. The molecule has 0 atom stereocenters. The minimum absolute atomic E-state index is 0.170. The first-order valence-electron chi connectivity index (χ1n) is 44.8. The van der Waals surface area contributed by atoms with Gasteiger partial charge in [-0.2, -0.15) is 0 Å². The quantitative estimate of drug-likeness (QED) is 0.123. The van der Waals surface area contributed by atoms with Crippen LogP contribution in [0.15, 0.2) is 313 Å². The minimum Gasteiger partial charge on any atom is -0.454 e. The SMILES string of the molecule is CC(C)c1cc(Br)c2ccc3c(C(C)C)cc(Br)c4ccc1c2c43.[2H]c1cccc2c1oc1c(N(c3c(C)ccc4ccc(C)cc34)c3cc(C(C)C)c4ccc5c(N(c6c(C)ccc7ccc(C)cc67)c6cccc7c6oc6c([2H])cccc67)cc(C(C)C)c6ccc3c4c65)cccc12.[2H]c1cccc2c1oc1c(Nc3c(C)ccc4ccc(C)cc34)cccc12. The van der Waals surface area contributed by atoms with E-state index in [0.29, 0.717) is 46.7 Å². The van der Waals surface area contributed by atoms with Crippen molar-refractivity contribution in [2.75, 3.05) is 15.1 Å². The molecule has 20 aromatic carbocycles. The summed E-state index contributed by atoms with van der Waals surface area (Å²) < 4.78 is 48.5. The zero-order valence-corrected chi connectivity index (χ0v) is 75.3. The fourth-order valence-corrected chi connectivity index (χ4v) is 21.1. The van der Waals surface area contributed by atoms with E-state index in [4.69, 9.17) is 17.4 Å². The predicted molar refractivity (Wildman–Crippen MR) is 540 cm³/mol. The molecule has 0 amide bonds. The van der Waals surface area contributed by atoms with Gasteiger partial charge in [0, 0.05) is 73.9 Å². The van der Waals surface area contributed by atoms with Crippen molar-refractivity contribution in [3.8, 4) is 0 Å². The molecule has 3 heterocycles. The maximum absolute atomic E-state index is 8.99. The molecule has 0 radical (unpaired) electrons. The van der Waals surface area contributed by atoms with Gasteiger partial charge in [-0.15, -0.1) is 0 Å². The van der Waals surface area contributed by atoms with E-state index in [9.17, 15) is 0 Å². The number of hydrogen-bond donors (Lipinski definition) is 1. The standard InChI is InChI=1S/C70H56N2O2.C24H19NO.C22H20Br2/c1-39(2)55-37-61(71(67-43(7)25-29-45-27-23-41(5)35-57(45)67)59-19-13-17-51-47-15-9-11-21-63(47)73-69(51)59)53-34-32-50-56(40(3)4)38-62(54-33-31-49(55)65(53)66(50)54)72(68-44(8)26-30-46-28-24-42(6)36-58(46)68)60-20-14-18-52-48-16-10-12-22-64(48)74-70(52)60;1-15-10-12-17-13-11-16(2)23(20(17)14-15)25-21-8-5-7-19-18-6-3-4-9-22(18)26-24(19)21;1-11(2)17-9-19(23)15-8-6-14-18(12(3)4)10-20(24)16-7-5-13(17)21(15)22(14)16/h9-40H,1-8H3;3-14,25H,1-2H3;5-12H,1-4H3/i21D,22D;9D;. The largest absolute Gasteiger partial charge is 0.454 e. The van der Waals surface area contributed by atoms with E-state index in [-0.39, 0.29) is 11.8 Å². The van der Waals surface area contributed by atoms with Gasteiger partial charge in [0.05, 0.1) is 43.9 Å². The fourth-order valence-electron chi connectivity index (χ4n) is 19.9. The number of hydrogen-bond acceptors (Lipinski definition) is 6. The second-order valence-electron chi connectivity index (χ2n) is 35.4. The average Bonchev–Trinajstić information content (AvgIpc) is 1.04. The van der Waals surface area contributed by atoms with Crippen molar-refractivity contribution in [3.05, 3.63) is 356 Å². The van der Waals surface area contributed by atoms with Gasteiger partial charge in [0.25, 0.3) is 0 Å². The van der Waals surface area contributed by atoms with Gasteiger partial charge in [0.2, 0.25) is 0 Å². The normalized spacial score (nSPS) is 12.5. The number of benzene rings is 20. The molecule has 0 saturated heterocycles. The lowest BCUT2D eigenvalue weighted by atomic mass is 9.83. The molecule has 0 unspecified atom stereocenters. The highest BCUT2D eigenvalue weighted by Gasteiger charge is 2.32. The van der Waals surface area contributed by atoms with Gasteiger partial charge >= 0.3 is 0 Å². The molecule has 0 saturated carbocycles. The van der Waals surface area contributed by atoms with Crippen LogP contribution in [0.3, 0.4) is 0 Å². The Bertz CT molecular complexity index is 8100. The highest BCUT2D eigenvalue weighted by Crippen LogP contribution is 2.56. The number of nitrogens with one attached hydrogen (secondary N) is 1. The van der Waals surface area contributed by atoms with E-state index in [1.165, 1.54) is 118 Å². The van der Waals surface area contributed by atoms with Crippen LogP contribution in [0.2, 0.25) is 0 Å². The minimum atomic E-state index is 0.170. The third-order valence-electron chi connectivity index (χ3n) is 26.0. The Morgan fingerprint density at radius 1 is 0.274 bits per heavy atom. The summed E-state index contributed by atoms with van der Waals surface area (Å²) in [6, 6.07) is 98.9. The molecule has 0 aliphatic rings. The Kier molecular flexibility index (Phi) is 18.4. The van der Waals surface area contributed by atoms with E-state index >= 15 is 0 Å². The maximum Gasteiger partial charge on any atom is 0.159 e. The molecule has 23 aromatic rings. The Morgan fingerprint density at radius 3 is 1.01 bits per heavy atom. The number of para-hydroxylation sites is 6. The van der Waals surface area contributed by atoms with E-state index in [2.05, 4.69) is 356 Å². The van der Waals surface area contributed by atoms with Crippen molar-refractivity contribution in [1.82, 2.24) is 0 Å². The lowest BCUT2D eigenvalue weighted by Gasteiger charge is -2.33. The van der Waals surface area contributed by atoms with Crippen LogP contribution < -0.4 is 15.1 Å². The van der Waals surface area contributed by atoms with Crippen LogP contribution in [0.4, 0.5) is 45.5 Å². The number of nitrogens with zero attached hydrogens (tertiary/aromatic N) is 2. The number of fused-ring (bicyclic) bond motifs is 12. The monoisotopic (exact) mass is 1740 g/mol. The van der Waals surface area contributed by atoms with E-state index in [1.54, 1.807) is 6.07 Å². The Hall–Kier alpha value is -13.0. The first-order chi connectivity index (χ1) is 61.3. The van der Waals surface area contributed by atoms with Crippen LogP contribution in [0.1, 0.15) is 139 Å². The van der Waals surface area contributed by atoms with Crippen LogP contribution >= 0.6 is 31.9 Å². The van der Waals surface area contributed by atoms with Crippen molar-refractivity contribution in [2.24, 2.45) is 0 Å². The molecule has 0 bridgehead atoms. The first kappa shape index (κ1) is 74.8. The molecule has 3 aromatic heterocycles. The van der Waals surface area contributed by atoms with Crippen LogP contribution in [0.5, 0.6) is 0 Å². The van der Waals surface area contributed by atoms with Crippen LogP contribution in [-0.2, 0) is 0 Å². The first-order valence-corrected chi connectivity index (χ1v) is 44.9. The van der Waals surface area contributed by atoms with E-state index in [0.717, 1.165) is 138 Å². The number of furan rings is 3. The van der Waals surface area contributed by atoms with Gasteiger partial charge in [-0.25, -0.2) is 0 Å². The highest BCUT2D eigenvalue weighted by atomic mass is 79.9. The smallest absolute Gasteiger partial charge is 0.159 e. The molecule has 6 nitrogen and oxygen atoms in total. The molecule has 0 fully saturated rings. The molecule has 0 spiro atoms. The van der Waals surface area contributed by atoms with Crippen molar-refractivity contribution < 1.29 is 17.4 Å². The van der Waals surface area contributed by atoms with Gasteiger partial charge in [0.15, 0.2) is 16.7 Å².